The fraction of sp³-hybridized carbons (Fsp3) is 0.250. The van der Waals surface area contributed by atoms with Gasteiger partial charge in [0.05, 0.1) is 4.90 Å². The van der Waals surface area contributed by atoms with Crippen LogP contribution in [0, 0.1) is 11.6 Å². The Labute approximate surface area is 78.1 Å². The van der Waals surface area contributed by atoms with Crippen LogP contribution in [-0.4, -0.2) is 5.75 Å². The normalized spacial score (nSPS) is 10.2. The van der Waals surface area contributed by atoms with Gasteiger partial charge in [-0.1, -0.05) is 28.5 Å². The highest BCUT2D eigenvalue weighted by atomic mass is 33.1. The number of rotatable bonds is 3. The first-order chi connectivity index (χ1) is 5.74. The summed E-state index contributed by atoms with van der Waals surface area (Å²) in [7, 11) is 2.87. The number of benzene rings is 1. The average molecular weight is 206 g/mol. The van der Waals surface area contributed by atoms with Crippen molar-refractivity contribution in [2.75, 3.05) is 5.75 Å². The van der Waals surface area contributed by atoms with Gasteiger partial charge in [-0.3, -0.25) is 0 Å². The van der Waals surface area contributed by atoms with Gasteiger partial charge >= 0.3 is 0 Å². The van der Waals surface area contributed by atoms with E-state index in [1.807, 2.05) is 6.92 Å². The maximum Gasteiger partial charge on any atom is 0.140 e. The molecule has 1 aromatic carbocycles. The van der Waals surface area contributed by atoms with Gasteiger partial charge < -0.3 is 0 Å². The molecule has 0 unspecified atom stereocenters. The highest BCUT2D eigenvalue weighted by Gasteiger charge is 2.03. The first kappa shape index (κ1) is 9.86. The van der Waals surface area contributed by atoms with Crippen molar-refractivity contribution in [3.8, 4) is 0 Å². The van der Waals surface area contributed by atoms with E-state index in [1.54, 1.807) is 0 Å². The predicted octanol–water partition coefficient (Wildman–Crippen LogP) is 3.73. The summed E-state index contributed by atoms with van der Waals surface area (Å²) in [5, 5.41) is 0. The molecular formula is C8H8F2S2. The van der Waals surface area contributed by atoms with Crippen molar-refractivity contribution >= 4 is 21.6 Å². The van der Waals surface area contributed by atoms with Crippen LogP contribution in [0.5, 0.6) is 0 Å². The van der Waals surface area contributed by atoms with Gasteiger partial charge in [0.25, 0.3) is 0 Å². The summed E-state index contributed by atoms with van der Waals surface area (Å²) in [5.41, 5.74) is 0. The van der Waals surface area contributed by atoms with Crippen LogP contribution in [-0.2, 0) is 0 Å². The van der Waals surface area contributed by atoms with Crippen LogP contribution in [0.2, 0.25) is 0 Å². The van der Waals surface area contributed by atoms with Gasteiger partial charge in [-0.05, 0) is 12.1 Å². The van der Waals surface area contributed by atoms with Gasteiger partial charge in [-0.2, -0.15) is 0 Å². The van der Waals surface area contributed by atoms with E-state index in [-0.39, 0.29) is 0 Å². The van der Waals surface area contributed by atoms with E-state index in [0.717, 1.165) is 11.8 Å². The van der Waals surface area contributed by atoms with Crippen molar-refractivity contribution in [2.45, 2.75) is 11.8 Å². The summed E-state index contributed by atoms with van der Waals surface area (Å²) in [4.78, 5) is 0.489. The zero-order valence-electron chi connectivity index (χ0n) is 6.51. The topological polar surface area (TPSA) is 0 Å². The quantitative estimate of drug-likeness (QED) is 0.691. The Kier molecular flexibility index (Phi) is 3.88. The molecule has 1 aromatic rings. The second-order valence-corrected chi connectivity index (χ2v) is 4.69. The van der Waals surface area contributed by atoms with Gasteiger partial charge in [0, 0.05) is 11.8 Å². The van der Waals surface area contributed by atoms with Gasteiger partial charge in [0.15, 0.2) is 0 Å². The second kappa shape index (κ2) is 4.72. The third-order valence-corrected chi connectivity index (χ3v) is 3.62. The van der Waals surface area contributed by atoms with Crippen molar-refractivity contribution < 1.29 is 8.78 Å². The Morgan fingerprint density at radius 1 is 1.33 bits per heavy atom. The van der Waals surface area contributed by atoms with Gasteiger partial charge in [0.2, 0.25) is 0 Å². The molecule has 0 aliphatic rings. The molecule has 0 atom stereocenters. The average Bonchev–Trinajstić information content (AvgIpc) is 2.03. The van der Waals surface area contributed by atoms with Crippen molar-refractivity contribution in [3.63, 3.8) is 0 Å². The monoisotopic (exact) mass is 206 g/mol. The zero-order chi connectivity index (χ0) is 8.97. The molecular weight excluding hydrogens is 198 g/mol. The lowest BCUT2D eigenvalue weighted by Gasteiger charge is -1.99. The smallest absolute Gasteiger partial charge is 0.140 e. The number of hydrogen-bond acceptors (Lipinski definition) is 2. The molecule has 0 radical (unpaired) electrons. The minimum absolute atomic E-state index is 0.485. The van der Waals surface area contributed by atoms with Crippen LogP contribution in [0.15, 0.2) is 23.1 Å². The number of hydrogen-bond donors (Lipinski definition) is 0. The van der Waals surface area contributed by atoms with Crippen molar-refractivity contribution in [1.29, 1.82) is 0 Å². The van der Waals surface area contributed by atoms with Gasteiger partial charge in [-0.15, -0.1) is 0 Å². The van der Waals surface area contributed by atoms with E-state index < -0.39 is 11.6 Å². The molecule has 0 amide bonds. The first-order valence-corrected chi connectivity index (χ1v) is 5.80. The standard InChI is InChI=1S/C8H8F2S2/c1-2-11-12-8-4-3-6(9)5-7(8)10/h3-5H,2H2,1H3. The first-order valence-electron chi connectivity index (χ1n) is 3.48. The molecule has 66 valence electrons. The summed E-state index contributed by atoms with van der Waals surface area (Å²) in [6, 6.07) is 3.62. The Balaban J connectivity index is 2.72. The SMILES string of the molecule is CCSSc1ccc(F)cc1F. The lowest BCUT2D eigenvalue weighted by atomic mass is 10.3. The third kappa shape index (κ3) is 2.68. The van der Waals surface area contributed by atoms with Crippen molar-refractivity contribution in [3.05, 3.63) is 29.8 Å². The van der Waals surface area contributed by atoms with E-state index in [4.69, 9.17) is 0 Å². The lowest BCUT2D eigenvalue weighted by molar-refractivity contribution is 0.566. The molecule has 4 heteroatoms. The number of halogens is 2. The van der Waals surface area contributed by atoms with Crippen LogP contribution >= 0.6 is 21.6 Å². The van der Waals surface area contributed by atoms with Crippen LogP contribution in [0.4, 0.5) is 8.78 Å². The third-order valence-electron chi connectivity index (χ3n) is 1.16. The highest BCUT2D eigenvalue weighted by Crippen LogP contribution is 2.32. The van der Waals surface area contributed by atoms with E-state index in [1.165, 1.54) is 33.7 Å². The van der Waals surface area contributed by atoms with Gasteiger partial charge in [0.1, 0.15) is 11.6 Å². The van der Waals surface area contributed by atoms with Crippen molar-refractivity contribution in [1.82, 2.24) is 0 Å². The summed E-state index contributed by atoms with van der Waals surface area (Å²) in [5.74, 6) is -0.110. The Morgan fingerprint density at radius 3 is 2.67 bits per heavy atom. The van der Waals surface area contributed by atoms with Crippen LogP contribution in [0.25, 0.3) is 0 Å². The second-order valence-electron chi connectivity index (χ2n) is 2.06. The van der Waals surface area contributed by atoms with E-state index in [0.29, 0.717) is 4.90 Å². The summed E-state index contributed by atoms with van der Waals surface area (Å²) >= 11 is 0. The molecule has 1 rings (SSSR count). The van der Waals surface area contributed by atoms with Gasteiger partial charge in [-0.25, -0.2) is 8.78 Å². The Hall–Kier alpha value is -0.220. The van der Waals surface area contributed by atoms with Crippen LogP contribution in [0.3, 0.4) is 0 Å². The minimum Gasteiger partial charge on any atom is -0.207 e. The molecule has 0 aromatic heterocycles. The van der Waals surface area contributed by atoms with E-state index in [9.17, 15) is 8.78 Å². The van der Waals surface area contributed by atoms with Crippen LogP contribution < -0.4 is 0 Å². The predicted molar refractivity (Wildman–Crippen MR) is 50.3 cm³/mol. The Morgan fingerprint density at radius 2 is 2.08 bits per heavy atom. The molecule has 0 heterocycles. The fourth-order valence-corrected chi connectivity index (χ4v) is 2.31. The highest BCUT2D eigenvalue weighted by molar-refractivity contribution is 8.76. The van der Waals surface area contributed by atoms with E-state index >= 15 is 0 Å². The lowest BCUT2D eigenvalue weighted by Crippen LogP contribution is -1.81. The maximum atomic E-state index is 12.9. The summed E-state index contributed by atoms with van der Waals surface area (Å²) in [6.07, 6.45) is 0. The van der Waals surface area contributed by atoms with Crippen LogP contribution in [0.1, 0.15) is 6.92 Å². The molecule has 0 bridgehead atoms. The molecule has 0 saturated heterocycles. The van der Waals surface area contributed by atoms with E-state index in [2.05, 4.69) is 0 Å². The minimum atomic E-state index is -0.529. The molecule has 12 heavy (non-hydrogen) atoms. The van der Waals surface area contributed by atoms with Crippen molar-refractivity contribution in [2.24, 2.45) is 0 Å². The molecule has 0 aliphatic heterocycles. The molecule has 0 N–H and O–H groups in total. The molecule has 0 nitrogen and oxygen atoms in total. The molecule has 0 saturated carbocycles. The molecule has 0 spiro atoms. The largest absolute Gasteiger partial charge is 0.207 e. The summed E-state index contributed by atoms with van der Waals surface area (Å²) in [6.45, 7) is 1.99. The zero-order valence-corrected chi connectivity index (χ0v) is 8.14. The Bertz CT molecular complexity index is 263. The fourth-order valence-electron chi connectivity index (χ4n) is 0.665. The maximum absolute atomic E-state index is 12.9. The summed E-state index contributed by atoms with van der Waals surface area (Å²) < 4.78 is 25.3. The molecule has 0 fully saturated rings. The molecule has 0 aliphatic carbocycles.